The van der Waals surface area contributed by atoms with Crippen LogP contribution in [-0.2, 0) is 4.74 Å². The summed E-state index contributed by atoms with van der Waals surface area (Å²) in [6.45, 7) is 4.56. The lowest BCUT2D eigenvalue weighted by atomic mass is 9.79. The highest BCUT2D eigenvalue weighted by Gasteiger charge is 2.33. The van der Waals surface area contributed by atoms with Crippen LogP contribution in [0.25, 0.3) is 0 Å². The largest absolute Gasteiger partial charge is 0.372 e. The highest BCUT2D eigenvalue weighted by Crippen LogP contribution is 2.35. The average molecular weight is 405 g/mol. The van der Waals surface area contributed by atoms with E-state index >= 15 is 0 Å². The maximum atomic E-state index is 14.8. The van der Waals surface area contributed by atoms with Gasteiger partial charge in [-0.3, -0.25) is 0 Å². The normalized spacial score (nSPS) is 38.2. The fourth-order valence-corrected chi connectivity index (χ4v) is 5.91. The van der Waals surface area contributed by atoms with Gasteiger partial charge in [-0.2, -0.15) is 0 Å². The lowest BCUT2D eigenvalue weighted by Crippen LogP contribution is -2.37. The third-order valence-corrected chi connectivity index (χ3v) is 7.87. The predicted molar refractivity (Wildman–Crippen MR) is 121 cm³/mol. The van der Waals surface area contributed by atoms with Crippen molar-refractivity contribution in [3.8, 4) is 11.8 Å². The minimum Gasteiger partial charge on any atom is -0.372 e. The molecule has 0 saturated heterocycles. The second-order valence-corrected chi connectivity index (χ2v) is 10.3. The van der Waals surface area contributed by atoms with E-state index in [1.54, 1.807) is 0 Å². The zero-order valence-electron chi connectivity index (χ0n) is 19.1. The third kappa shape index (κ3) is 7.57. The van der Waals surface area contributed by atoms with Crippen LogP contribution in [0.3, 0.4) is 0 Å². The monoisotopic (exact) mass is 404 g/mol. The molecule has 0 aromatic rings. The Labute approximate surface area is 179 Å². The summed E-state index contributed by atoms with van der Waals surface area (Å²) in [7, 11) is 0. The molecule has 0 radical (unpaired) electrons. The van der Waals surface area contributed by atoms with Crippen molar-refractivity contribution >= 4 is 0 Å². The molecule has 3 fully saturated rings. The summed E-state index contributed by atoms with van der Waals surface area (Å²) >= 11 is 0. The van der Waals surface area contributed by atoms with E-state index in [4.69, 9.17) is 4.74 Å². The van der Waals surface area contributed by atoms with E-state index in [2.05, 4.69) is 25.7 Å². The highest BCUT2D eigenvalue weighted by atomic mass is 19.1. The number of unbranched alkanes of at least 4 members (excludes halogenated alkanes) is 1. The highest BCUT2D eigenvalue weighted by molar-refractivity contribution is 5.10. The molecule has 0 amide bonds. The van der Waals surface area contributed by atoms with Gasteiger partial charge >= 0.3 is 0 Å². The molecule has 0 bridgehead atoms. The standard InChI is InChI=1S/C27H45FO/c1-3-5-7-22-8-10-23(11-9-22)12-13-24-16-19-27(26(28)20-24)29-25-17-14-21(6-4-2)15-18-25/h21-27H,3-11,14-20H2,1-2H3. The fraction of sp³-hybridized carbons (Fsp3) is 0.926. The Kier molecular flexibility index (Phi) is 9.84. The van der Waals surface area contributed by atoms with Crippen molar-refractivity contribution in [2.24, 2.45) is 23.7 Å². The molecule has 0 N–H and O–H groups in total. The van der Waals surface area contributed by atoms with Gasteiger partial charge in [-0.05, 0) is 82.5 Å². The minimum atomic E-state index is -0.818. The molecule has 3 aliphatic rings. The molecular weight excluding hydrogens is 359 g/mol. The molecule has 166 valence electrons. The molecule has 29 heavy (non-hydrogen) atoms. The van der Waals surface area contributed by atoms with Crippen LogP contribution < -0.4 is 0 Å². The smallest absolute Gasteiger partial charge is 0.127 e. The molecular formula is C27H45FO. The van der Waals surface area contributed by atoms with E-state index in [-0.39, 0.29) is 12.0 Å². The summed E-state index contributed by atoms with van der Waals surface area (Å²) in [6, 6.07) is 0. The van der Waals surface area contributed by atoms with Crippen LogP contribution >= 0.6 is 0 Å². The molecule has 3 aliphatic carbocycles. The number of alkyl halides is 1. The number of hydrogen-bond donors (Lipinski definition) is 0. The van der Waals surface area contributed by atoms with Crippen LogP contribution in [-0.4, -0.2) is 18.4 Å². The molecule has 0 aromatic carbocycles. The zero-order chi connectivity index (χ0) is 20.5. The average Bonchev–Trinajstić information content (AvgIpc) is 2.75. The van der Waals surface area contributed by atoms with E-state index < -0.39 is 6.17 Å². The summed E-state index contributed by atoms with van der Waals surface area (Å²) in [5, 5.41) is 0. The van der Waals surface area contributed by atoms with Crippen LogP contribution in [0.1, 0.15) is 117 Å². The maximum absolute atomic E-state index is 14.8. The lowest BCUT2D eigenvalue weighted by Gasteiger charge is -2.35. The first-order chi connectivity index (χ1) is 14.2. The Balaban J connectivity index is 1.35. The van der Waals surface area contributed by atoms with Crippen molar-refractivity contribution in [3.05, 3.63) is 0 Å². The van der Waals surface area contributed by atoms with Gasteiger partial charge in [-0.15, -0.1) is 0 Å². The topological polar surface area (TPSA) is 9.23 Å². The number of ether oxygens (including phenoxy) is 1. The predicted octanol–water partition coefficient (Wildman–Crippen LogP) is 7.87. The molecule has 3 unspecified atom stereocenters. The fourth-order valence-electron chi connectivity index (χ4n) is 5.91. The first kappa shape index (κ1) is 23.1. The zero-order valence-corrected chi connectivity index (χ0v) is 19.1. The lowest BCUT2D eigenvalue weighted by molar-refractivity contribution is -0.0880. The summed E-state index contributed by atoms with van der Waals surface area (Å²) in [5.74, 6) is 9.66. The SMILES string of the molecule is CCCCC1CCC(C#CC2CCC(OC3CCC(CCC)CC3)C(F)C2)CC1. The van der Waals surface area contributed by atoms with Crippen molar-refractivity contribution in [3.63, 3.8) is 0 Å². The summed E-state index contributed by atoms with van der Waals surface area (Å²) in [5.41, 5.74) is 0. The van der Waals surface area contributed by atoms with Gasteiger partial charge < -0.3 is 4.74 Å². The minimum absolute atomic E-state index is 0.172. The molecule has 0 heterocycles. The maximum Gasteiger partial charge on any atom is 0.127 e. The van der Waals surface area contributed by atoms with Crippen LogP contribution in [0.4, 0.5) is 4.39 Å². The number of rotatable bonds is 7. The quantitative estimate of drug-likeness (QED) is 0.392. The summed E-state index contributed by atoms with van der Waals surface area (Å²) in [6.07, 6.45) is 18.6. The Morgan fingerprint density at radius 1 is 0.724 bits per heavy atom. The number of hydrogen-bond acceptors (Lipinski definition) is 1. The van der Waals surface area contributed by atoms with Gasteiger partial charge in [0.2, 0.25) is 0 Å². The van der Waals surface area contributed by atoms with Crippen molar-refractivity contribution < 1.29 is 9.13 Å². The molecule has 0 aromatic heterocycles. The Bertz CT molecular complexity index is 504. The Morgan fingerprint density at radius 3 is 2.00 bits per heavy atom. The molecule has 0 aliphatic heterocycles. The van der Waals surface area contributed by atoms with Crippen LogP contribution in [0.5, 0.6) is 0 Å². The van der Waals surface area contributed by atoms with Gasteiger partial charge in [-0.1, -0.05) is 57.8 Å². The molecule has 3 saturated carbocycles. The summed E-state index contributed by atoms with van der Waals surface area (Å²) in [4.78, 5) is 0. The van der Waals surface area contributed by atoms with Crippen molar-refractivity contribution in [1.29, 1.82) is 0 Å². The molecule has 3 rings (SSSR count). The summed E-state index contributed by atoms with van der Waals surface area (Å²) < 4.78 is 21.0. The van der Waals surface area contributed by atoms with E-state index in [0.29, 0.717) is 18.4 Å². The van der Waals surface area contributed by atoms with Gasteiger partial charge in [0.1, 0.15) is 6.17 Å². The van der Waals surface area contributed by atoms with E-state index in [0.717, 1.165) is 37.5 Å². The van der Waals surface area contributed by atoms with Crippen molar-refractivity contribution in [2.75, 3.05) is 0 Å². The molecule has 1 nitrogen and oxygen atoms in total. The first-order valence-corrected chi connectivity index (χ1v) is 13.0. The van der Waals surface area contributed by atoms with Gasteiger partial charge in [0.15, 0.2) is 0 Å². The Morgan fingerprint density at radius 2 is 1.34 bits per heavy atom. The molecule has 0 spiro atoms. The van der Waals surface area contributed by atoms with Crippen LogP contribution in [0, 0.1) is 35.5 Å². The third-order valence-electron chi connectivity index (χ3n) is 7.87. The Hall–Kier alpha value is -0.550. The second-order valence-electron chi connectivity index (χ2n) is 10.3. The van der Waals surface area contributed by atoms with Gasteiger partial charge in [0.25, 0.3) is 0 Å². The second kappa shape index (κ2) is 12.3. The van der Waals surface area contributed by atoms with Gasteiger partial charge in [-0.25, -0.2) is 4.39 Å². The van der Waals surface area contributed by atoms with Crippen LogP contribution in [0.2, 0.25) is 0 Å². The van der Waals surface area contributed by atoms with Crippen molar-refractivity contribution in [2.45, 2.75) is 135 Å². The van der Waals surface area contributed by atoms with Crippen LogP contribution in [0.15, 0.2) is 0 Å². The number of halogens is 1. The van der Waals surface area contributed by atoms with Gasteiger partial charge in [0, 0.05) is 11.8 Å². The van der Waals surface area contributed by atoms with E-state index in [1.807, 2.05) is 0 Å². The van der Waals surface area contributed by atoms with E-state index in [9.17, 15) is 4.39 Å². The first-order valence-electron chi connectivity index (χ1n) is 13.0. The van der Waals surface area contributed by atoms with E-state index in [1.165, 1.54) is 70.6 Å². The van der Waals surface area contributed by atoms with Crippen molar-refractivity contribution in [1.82, 2.24) is 0 Å². The molecule has 3 atom stereocenters. The molecule has 2 heteroatoms. The van der Waals surface area contributed by atoms with Gasteiger partial charge in [0.05, 0.1) is 12.2 Å².